The van der Waals surface area contributed by atoms with Gasteiger partial charge in [-0.2, -0.15) is 0 Å². The molecule has 0 aliphatic heterocycles. The van der Waals surface area contributed by atoms with Crippen molar-refractivity contribution in [2.75, 3.05) is 11.9 Å². The molecule has 0 radical (unpaired) electrons. The minimum atomic E-state index is -0.671. The number of esters is 1. The van der Waals surface area contributed by atoms with E-state index in [1.54, 1.807) is 19.9 Å². The summed E-state index contributed by atoms with van der Waals surface area (Å²) in [7, 11) is 0. The van der Waals surface area contributed by atoms with E-state index in [2.05, 4.69) is 26.2 Å². The summed E-state index contributed by atoms with van der Waals surface area (Å²) in [5.74, 6) is -1.24. The van der Waals surface area contributed by atoms with E-state index in [9.17, 15) is 14.4 Å². The number of ether oxygens (including phenoxy) is 1. The number of carbonyl (C=O) groups is 3. The Morgan fingerprint density at radius 1 is 1.20 bits per heavy atom. The number of hydrogen-bond acceptors (Lipinski definition) is 4. The number of halogens is 1. The molecule has 0 saturated carbocycles. The third kappa shape index (κ3) is 4.36. The van der Waals surface area contributed by atoms with Crippen molar-refractivity contribution in [1.82, 2.24) is 4.98 Å². The van der Waals surface area contributed by atoms with Crippen LogP contribution >= 0.6 is 15.9 Å². The van der Waals surface area contributed by atoms with Crippen molar-refractivity contribution in [2.45, 2.75) is 27.7 Å². The Bertz CT molecular complexity index is 855. The van der Waals surface area contributed by atoms with Crippen molar-refractivity contribution in [3.05, 3.63) is 50.8 Å². The van der Waals surface area contributed by atoms with Crippen molar-refractivity contribution < 1.29 is 19.1 Å². The fraction of sp³-hybridized carbons (Fsp3) is 0.278. The number of anilines is 1. The molecule has 25 heavy (non-hydrogen) atoms. The first-order valence-corrected chi connectivity index (χ1v) is 8.43. The molecule has 0 saturated heterocycles. The monoisotopic (exact) mass is 406 g/mol. The van der Waals surface area contributed by atoms with E-state index in [-0.39, 0.29) is 11.5 Å². The summed E-state index contributed by atoms with van der Waals surface area (Å²) >= 11 is 3.35. The van der Waals surface area contributed by atoms with Crippen LogP contribution in [0.3, 0.4) is 0 Å². The highest BCUT2D eigenvalue weighted by Crippen LogP contribution is 2.21. The van der Waals surface area contributed by atoms with Gasteiger partial charge in [0.2, 0.25) is 0 Å². The summed E-state index contributed by atoms with van der Waals surface area (Å²) in [6.45, 7) is 6.26. The Kier molecular flexibility index (Phi) is 5.79. The van der Waals surface area contributed by atoms with Gasteiger partial charge in [0, 0.05) is 21.4 Å². The lowest BCUT2D eigenvalue weighted by Crippen LogP contribution is -2.21. The van der Waals surface area contributed by atoms with Crippen LogP contribution in [0.25, 0.3) is 0 Å². The normalized spacial score (nSPS) is 10.4. The van der Waals surface area contributed by atoms with Crippen LogP contribution in [0.5, 0.6) is 0 Å². The number of Topliss-reactive ketones (excluding diaryl/α,β-unsaturated/α-hetero) is 1. The molecule has 7 heteroatoms. The van der Waals surface area contributed by atoms with Crippen molar-refractivity contribution >= 4 is 39.3 Å². The molecule has 0 atom stereocenters. The lowest BCUT2D eigenvalue weighted by molar-refractivity contribution is -0.119. The van der Waals surface area contributed by atoms with Crippen LogP contribution in [0.15, 0.2) is 22.7 Å². The number of ketones is 1. The smallest absolute Gasteiger partial charge is 0.355 e. The Morgan fingerprint density at radius 2 is 1.88 bits per heavy atom. The van der Waals surface area contributed by atoms with Crippen LogP contribution in [0.4, 0.5) is 5.69 Å². The molecule has 0 aliphatic rings. The first kappa shape index (κ1) is 18.9. The van der Waals surface area contributed by atoms with E-state index >= 15 is 0 Å². The molecule has 1 heterocycles. The van der Waals surface area contributed by atoms with Gasteiger partial charge in [0.15, 0.2) is 12.4 Å². The Balaban J connectivity index is 2.01. The summed E-state index contributed by atoms with van der Waals surface area (Å²) in [6.07, 6.45) is 0. The topological polar surface area (TPSA) is 88.3 Å². The number of nitrogens with one attached hydrogen (secondary N) is 2. The number of amides is 1. The number of H-pyrrole nitrogens is 1. The average molecular weight is 407 g/mol. The summed E-state index contributed by atoms with van der Waals surface area (Å²) in [4.78, 5) is 38.6. The zero-order valence-corrected chi connectivity index (χ0v) is 16.0. The molecule has 0 spiro atoms. The van der Waals surface area contributed by atoms with Gasteiger partial charge < -0.3 is 15.0 Å². The van der Waals surface area contributed by atoms with Crippen molar-refractivity contribution in [1.29, 1.82) is 0 Å². The standard InChI is InChI=1S/C18H19BrN2O4/c1-9-7-13(19)5-6-14(9)21-15(23)8-25-18(24)17-10(2)16(12(4)22)11(3)20-17/h5-7,20H,8H2,1-4H3,(H,21,23). The fourth-order valence-corrected chi connectivity index (χ4v) is 3.11. The number of carbonyl (C=O) groups excluding carboxylic acids is 3. The number of aryl methyl sites for hydroxylation is 2. The minimum Gasteiger partial charge on any atom is -0.451 e. The number of benzene rings is 1. The maximum absolute atomic E-state index is 12.2. The molecule has 132 valence electrons. The number of aromatic amines is 1. The second-order valence-electron chi connectivity index (χ2n) is 5.76. The summed E-state index contributed by atoms with van der Waals surface area (Å²) in [5, 5.41) is 2.69. The lowest BCUT2D eigenvalue weighted by Gasteiger charge is -2.09. The van der Waals surface area contributed by atoms with Gasteiger partial charge in [0.1, 0.15) is 5.69 Å². The lowest BCUT2D eigenvalue weighted by atomic mass is 10.1. The van der Waals surface area contributed by atoms with Gasteiger partial charge in [0.25, 0.3) is 5.91 Å². The summed E-state index contributed by atoms with van der Waals surface area (Å²) < 4.78 is 5.96. The second kappa shape index (κ2) is 7.65. The molecule has 1 aromatic heterocycles. The molecule has 0 aliphatic carbocycles. The Hall–Kier alpha value is -2.41. The average Bonchev–Trinajstić information content (AvgIpc) is 2.82. The third-order valence-corrected chi connectivity index (χ3v) is 4.28. The third-order valence-electron chi connectivity index (χ3n) is 3.79. The number of aromatic nitrogens is 1. The summed E-state index contributed by atoms with van der Waals surface area (Å²) in [6, 6.07) is 5.44. The molecular weight excluding hydrogens is 388 g/mol. The molecule has 2 rings (SSSR count). The predicted molar refractivity (Wildman–Crippen MR) is 98.1 cm³/mol. The van der Waals surface area contributed by atoms with E-state index in [0.29, 0.717) is 22.5 Å². The van der Waals surface area contributed by atoms with Gasteiger partial charge in [-0.15, -0.1) is 0 Å². The molecule has 1 amide bonds. The largest absolute Gasteiger partial charge is 0.451 e. The molecule has 1 aromatic carbocycles. The number of rotatable bonds is 5. The van der Waals surface area contributed by atoms with Gasteiger partial charge in [-0.25, -0.2) is 4.79 Å². The quantitative estimate of drug-likeness (QED) is 0.585. The molecule has 0 fully saturated rings. The highest BCUT2D eigenvalue weighted by molar-refractivity contribution is 9.10. The van der Waals surface area contributed by atoms with Crippen LogP contribution in [0, 0.1) is 20.8 Å². The van der Waals surface area contributed by atoms with E-state index in [4.69, 9.17) is 4.74 Å². The zero-order chi connectivity index (χ0) is 18.7. The van der Waals surface area contributed by atoms with Gasteiger partial charge in [-0.05, 0) is 57.0 Å². The van der Waals surface area contributed by atoms with Gasteiger partial charge in [0.05, 0.1) is 0 Å². The summed E-state index contributed by atoms with van der Waals surface area (Å²) in [5.41, 5.74) is 3.33. The zero-order valence-electron chi connectivity index (χ0n) is 14.5. The first-order valence-electron chi connectivity index (χ1n) is 7.64. The number of hydrogen-bond donors (Lipinski definition) is 2. The van der Waals surface area contributed by atoms with Crippen LogP contribution in [0.1, 0.15) is 44.6 Å². The Labute approximate surface area is 154 Å². The molecule has 0 bridgehead atoms. The predicted octanol–water partition coefficient (Wildman–Crippen LogP) is 3.70. The molecular formula is C18H19BrN2O4. The second-order valence-corrected chi connectivity index (χ2v) is 6.68. The van der Waals surface area contributed by atoms with E-state index < -0.39 is 18.5 Å². The molecule has 6 nitrogen and oxygen atoms in total. The van der Waals surface area contributed by atoms with Crippen molar-refractivity contribution in [2.24, 2.45) is 0 Å². The molecule has 0 unspecified atom stereocenters. The van der Waals surface area contributed by atoms with Crippen molar-refractivity contribution in [3.8, 4) is 0 Å². The SMILES string of the molecule is CC(=O)c1c(C)[nH]c(C(=O)OCC(=O)Nc2ccc(Br)cc2C)c1C. The fourth-order valence-electron chi connectivity index (χ4n) is 2.64. The van der Waals surface area contributed by atoms with Crippen molar-refractivity contribution in [3.63, 3.8) is 0 Å². The van der Waals surface area contributed by atoms with Gasteiger partial charge in [-0.1, -0.05) is 15.9 Å². The van der Waals surface area contributed by atoms with E-state index in [1.165, 1.54) is 6.92 Å². The van der Waals surface area contributed by atoms with Crippen LogP contribution in [0.2, 0.25) is 0 Å². The Morgan fingerprint density at radius 3 is 2.44 bits per heavy atom. The van der Waals surface area contributed by atoms with Crippen LogP contribution < -0.4 is 5.32 Å². The molecule has 2 N–H and O–H groups in total. The maximum atomic E-state index is 12.2. The minimum absolute atomic E-state index is 0.131. The van der Waals surface area contributed by atoms with Crippen LogP contribution in [-0.4, -0.2) is 29.3 Å². The van der Waals surface area contributed by atoms with Gasteiger partial charge in [-0.3, -0.25) is 9.59 Å². The van der Waals surface area contributed by atoms with E-state index in [1.807, 2.05) is 19.1 Å². The van der Waals surface area contributed by atoms with Crippen LogP contribution in [-0.2, 0) is 9.53 Å². The molecule has 2 aromatic rings. The first-order chi connectivity index (χ1) is 11.7. The van der Waals surface area contributed by atoms with Gasteiger partial charge >= 0.3 is 5.97 Å². The van der Waals surface area contributed by atoms with E-state index in [0.717, 1.165) is 10.0 Å². The highest BCUT2D eigenvalue weighted by atomic mass is 79.9. The highest BCUT2D eigenvalue weighted by Gasteiger charge is 2.21. The maximum Gasteiger partial charge on any atom is 0.355 e.